The van der Waals surface area contributed by atoms with Gasteiger partial charge in [0, 0.05) is 11.8 Å². The second-order valence-corrected chi connectivity index (χ2v) is 6.78. The number of aryl methyl sites for hydroxylation is 1. The van der Waals surface area contributed by atoms with E-state index >= 15 is 0 Å². The molecule has 1 aliphatic carbocycles. The van der Waals surface area contributed by atoms with Gasteiger partial charge in [0.25, 0.3) is 0 Å². The standard InChI is InChI=1S/C13H22NS/c1-13(2,3)9-14-10-15-12-8-6-4-5-7-11(12)14/h10H,4-9H2,1-3H3/q+1. The zero-order valence-electron chi connectivity index (χ0n) is 10.2. The van der Waals surface area contributed by atoms with Crippen LogP contribution in [0, 0.1) is 5.41 Å². The Hall–Kier alpha value is -0.370. The zero-order chi connectivity index (χ0) is 10.9. The third kappa shape index (κ3) is 2.81. The predicted octanol–water partition coefficient (Wildman–Crippen LogP) is 3.35. The quantitative estimate of drug-likeness (QED) is 0.509. The maximum absolute atomic E-state index is 2.51. The molecule has 0 bridgehead atoms. The first kappa shape index (κ1) is 11.1. The van der Waals surface area contributed by atoms with E-state index in [1.54, 1.807) is 10.6 Å². The van der Waals surface area contributed by atoms with E-state index in [1.165, 1.54) is 38.6 Å². The molecule has 0 N–H and O–H groups in total. The van der Waals surface area contributed by atoms with Crippen LogP contribution in [0.5, 0.6) is 0 Å². The van der Waals surface area contributed by atoms with Crippen molar-refractivity contribution in [1.29, 1.82) is 0 Å². The van der Waals surface area contributed by atoms with E-state index in [2.05, 4.69) is 30.8 Å². The summed E-state index contributed by atoms with van der Waals surface area (Å²) in [6, 6.07) is 0. The molecular formula is C13H22NS+. The van der Waals surface area contributed by atoms with E-state index in [-0.39, 0.29) is 0 Å². The highest BCUT2D eigenvalue weighted by atomic mass is 32.1. The van der Waals surface area contributed by atoms with Crippen molar-refractivity contribution in [1.82, 2.24) is 0 Å². The Kier molecular flexibility index (Phi) is 3.15. The topological polar surface area (TPSA) is 3.88 Å². The maximum atomic E-state index is 2.51. The lowest BCUT2D eigenvalue weighted by Gasteiger charge is -2.13. The molecule has 1 aromatic rings. The minimum absolute atomic E-state index is 0.395. The van der Waals surface area contributed by atoms with Gasteiger partial charge in [-0.1, -0.05) is 38.5 Å². The Morgan fingerprint density at radius 2 is 1.93 bits per heavy atom. The highest BCUT2D eigenvalue weighted by Gasteiger charge is 2.25. The largest absolute Gasteiger partial charge is 0.225 e. The normalized spacial score (nSPS) is 17.3. The van der Waals surface area contributed by atoms with Crippen molar-refractivity contribution in [3.05, 3.63) is 16.1 Å². The van der Waals surface area contributed by atoms with Crippen molar-refractivity contribution in [3.63, 3.8) is 0 Å². The van der Waals surface area contributed by atoms with E-state index in [4.69, 9.17) is 0 Å². The van der Waals surface area contributed by atoms with Gasteiger partial charge in [-0.3, -0.25) is 0 Å². The first-order chi connectivity index (χ1) is 7.06. The Morgan fingerprint density at radius 3 is 2.67 bits per heavy atom. The van der Waals surface area contributed by atoms with Gasteiger partial charge in [-0.05, 0) is 19.3 Å². The molecule has 1 nitrogen and oxygen atoms in total. The van der Waals surface area contributed by atoms with Crippen molar-refractivity contribution in [2.45, 2.75) is 59.4 Å². The SMILES string of the molecule is CC(C)(C)C[n+]1csc2c1CCCCC2. The molecule has 0 spiro atoms. The monoisotopic (exact) mass is 224 g/mol. The van der Waals surface area contributed by atoms with Crippen molar-refractivity contribution in [2.75, 3.05) is 0 Å². The second kappa shape index (κ2) is 4.25. The summed E-state index contributed by atoms with van der Waals surface area (Å²) in [6.07, 6.45) is 6.81. The van der Waals surface area contributed by atoms with Crippen LogP contribution in [-0.2, 0) is 19.4 Å². The molecule has 0 fully saturated rings. The molecule has 1 heterocycles. The van der Waals surface area contributed by atoms with E-state index in [0.29, 0.717) is 5.41 Å². The Morgan fingerprint density at radius 1 is 1.20 bits per heavy atom. The van der Waals surface area contributed by atoms with Gasteiger partial charge in [0.15, 0.2) is 12.2 Å². The molecule has 0 atom stereocenters. The smallest absolute Gasteiger partial charge is 0.192 e. The Balaban J connectivity index is 2.22. The lowest BCUT2D eigenvalue weighted by molar-refractivity contribution is -0.710. The second-order valence-electron chi connectivity index (χ2n) is 5.84. The molecule has 0 radical (unpaired) electrons. The molecule has 0 aromatic carbocycles. The third-order valence-corrected chi connectivity index (χ3v) is 4.04. The van der Waals surface area contributed by atoms with Gasteiger partial charge in [0.05, 0.1) is 4.88 Å². The van der Waals surface area contributed by atoms with Crippen LogP contribution in [0.15, 0.2) is 5.51 Å². The molecule has 84 valence electrons. The van der Waals surface area contributed by atoms with Crippen molar-refractivity contribution >= 4 is 11.3 Å². The third-order valence-electron chi connectivity index (χ3n) is 2.95. The van der Waals surface area contributed by atoms with Crippen LogP contribution in [0.4, 0.5) is 0 Å². The van der Waals surface area contributed by atoms with E-state index < -0.39 is 0 Å². The van der Waals surface area contributed by atoms with E-state index in [1.807, 2.05) is 11.3 Å². The van der Waals surface area contributed by atoms with Gasteiger partial charge in [-0.15, -0.1) is 0 Å². The van der Waals surface area contributed by atoms with Gasteiger partial charge in [0.2, 0.25) is 5.51 Å². The Bertz CT molecular complexity index is 333. The van der Waals surface area contributed by atoms with Crippen LogP contribution < -0.4 is 4.57 Å². The summed E-state index contributed by atoms with van der Waals surface area (Å²) >= 11 is 1.97. The van der Waals surface area contributed by atoms with Crippen LogP contribution in [0.25, 0.3) is 0 Å². The molecule has 1 aliphatic rings. The average molecular weight is 224 g/mol. The maximum Gasteiger partial charge on any atom is 0.225 e. The van der Waals surface area contributed by atoms with Gasteiger partial charge in [0.1, 0.15) is 0 Å². The number of hydrogen-bond acceptors (Lipinski definition) is 1. The summed E-state index contributed by atoms with van der Waals surface area (Å²) < 4.78 is 2.51. The summed E-state index contributed by atoms with van der Waals surface area (Å²) in [5.74, 6) is 0. The highest BCUT2D eigenvalue weighted by Crippen LogP contribution is 2.23. The minimum Gasteiger partial charge on any atom is -0.192 e. The molecule has 0 unspecified atom stereocenters. The van der Waals surface area contributed by atoms with Gasteiger partial charge in [-0.25, -0.2) is 0 Å². The van der Waals surface area contributed by atoms with Crippen molar-refractivity contribution < 1.29 is 4.57 Å². The summed E-state index contributed by atoms with van der Waals surface area (Å²) in [6.45, 7) is 8.13. The highest BCUT2D eigenvalue weighted by molar-refractivity contribution is 7.09. The van der Waals surface area contributed by atoms with E-state index in [0.717, 1.165) is 0 Å². The van der Waals surface area contributed by atoms with E-state index in [9.17, 15) is 0 Å². The van der Waals surface area contributed by atoms with Crippen molar-refractivity contribution in [3.8, 4) is 0 Å². The summed E-state index contributed by atoms with van der Waals surface area (Å²) in [5.41, 5.74) is 4.36. The summed E-state index contributed by atoms with van der Waals surface area (Å²) in [4.78, 5) is 1.65. The molecule has 0 aliphatic heterocycles. The molecule has 0 saturated carbocycles. The zero-order valence-corrected chi connectivity index (χ0v) is 11.0. The number of thiazole rings is 1. The molecular weight excluding hydrogens is 202 g/mol. The van der Waals surface area contributed by atoms with Gasteiger partial charge < -0.3 is 0 Å². The number of aromatic nitrogens is 1. The fourth-order valence-corrected chi connectivity index (χ4v) is 3.38. The fraction of sp³-hybridized carbons (Fsp3) is 0.769. The molecule has 0 saturated heterocycles. The molecule has 1 aromatic heterocycles. The van der Waals surface area contributed by atoms with Gasteiger partial charge >= 0.3 is 0 Å². The van der Waals surface area contributed by atoms with Crippen LogP contribution in [0.1, 0.15) is 50.6 Å². The Labute approximate surface area is 97.1 Å². The van der Waals surface area contributed by atoms with Crippen LogP contribution >= 0.6 is 11.3 Å². The average Bonchev–Trinajstić information content (AvgIpc) is 2.35. The molecule has 2 rings (SSSR count). The fourth-order valence-electron chi connectivity index (χ4n) is 2.30. The summed E-state index contributed by atoms with van der Waals surface area (Å²) in [7, 11) is 0. The number of nitrogens with zero attached hydrogens (tertiary/aromatic N) is 1. The first-order valence-corrected chi connectivity index (χ1v) is 6.93. The lowest BCUT2D eigenvalue weighted by Crippen LogP contribution is -2.41. The number of hydrogen-bond donors (Lipinski definition) is 0. The van der Waals surface area contributed by atoms with Crippen LogP contribution in [-0.4, -0.2) is 0 Å². The summed E-state index contributed by atoms with van der Waals surface area (Å²) in [5, 5.41) is 0. The van der Waals surface area contributed by atoms with Crippen LogP contribution in [0.3, 0.4) is 0 Å². The van der Waals surface area contributed by atoms with Crippen LogP contribution in [0.2, 0.25) is 0 Å². The number of fused-ring (bicyclic) bond motifs is 1. The minimum atomic E-state index is 0.395. The predicted molar refractivity (Wildman–Crippen MR) is 65.2 cm³/mol. The lowest BCUT2D eigenvalue weighted by atomic mass is 9.96. The van der Waals surface area contributed by atoms with Gasteiger partial charge in [-0.2, -0.15) is 4.57 Å². The molecule has 2 heteroatoms. The first-order valence-electron chi connectivity index (χ1n) is 6.05. The molecule has 15 heavy (non-hydrogen) atoms. The van der Waals surface area contributed by atoms with Crippen molar-refractivity contribution in [2.24, 2.45) is 5.41 Å². The molecule has 0 amide bonds. The number of rotatable bonds is 1.